The average molecular weight is 220 g/mol. The molecule has 0 spiro atoms. The quantitative estimate of drug-likeness (QED) is 0.741. The van der Waals surface area contributed by atoms with Crippen molar-refractivity contribution in [2.24, 2.45) is 0 Å². The summed E-state index contributed by atoms with van der Waals surface area (Å²) in [5, 5.41) is 10.5. The van der Waals surface area contributed by atoms with E-state index in [0.29, 0.717) is 0 Å². The molecule has 1 aromatic carbocycles. The van der Waals surface area contributed by atoms with Crippen molar-refractivity contribution in [2.75, 3.05) is 0 Å². The van der Waals surface area contributed by atoms with Crippen LogP contribution in [0.2, 0.25) is 0 Å². The van der Waals surface area contributed by atoms with Gasteiger partial charge in [-0.3, -0.25) is 0 Å². The Bertz CT molecular complexity index is 339. The van der Waals surface area contributed by atoms with Crippen molar-refractivity contribution in [1.82, 2.24) is 0 Å². The van der Waals surface area contributed by atoms with E-state index >= 15 is 0 Å². The predicted molar refractivity (Wildman–Crippen MR) is 69.6 cm³/mol. The Hall–Kier alpha value is -0.820. The third-order valence-electron chi connectivity index (χ3n) is 3.24. The van der Waals surface area contributed by atoms with E-state index in [0.717, 1.165) is 18.4 Å². The molecule has 1 heteroatoms. The molecule has 0 aliphatic rings. The van der Waals surface area contributed by atoms with Gasteiger partial charge in [-0.1, -0.05) is 49.9 Å². The maximum Gasteiger partial charge on any atom is 0.0871 e. The second-order valence-corrected chi connectivity index (χ2v) is 5.05. The molecule has 0 radical (unpaired) electrons. The summed E-state index contributed by atoms with van der Waals surface area (Å²) in [4.78, 5) is 0. The summed E-state index contributed by atoms with van der Waals surface area (Å²) in [6.45, 7) is 8.27. The largest absolute Gasteiger partial charge is 0.385 e. The lowest BCUT2D eigenvalue weighted by Gasteiger charge is -2.26. The normalized spacial score (nSPS) is 14.8. The number of hydrogen-bond acceptors (Lipinski definition) is 1. The Morgan fingerprint density at radius 1 is 1.19 bits per heavy atom. The van der Waals surface area contributed by atoms with E-state index in [1.54, 1.807) is 0 Å². The third kappa shape index (κ3) is 3.34. The lowest BCUT2D eigenvalue weighted by Crippen LogP contribution is -2.22. The highest BCUT2D eigenvalue weighted by atomic mass is 16.3. The number of rotatable bonds is 5. The van der Waals surface area contributed by atoms with Gasteiger partial charge in [0.15, 0.2) is 0 Å². The van der Waals surface area contributed by atoms with Crippen LogP contribution in [0.3, 0.4) is 0 Å². The van der Waals surface area contributed by atoms with Crippen LogP contribution in [-0.2, 0) is 5.60 Å². The van der Waals surface area contributed by atoms with E-state index in [1.165, 1.54) is 24.0 Å². The van der Waals surface area contributed by atoms with Crippen LogP contribution in [0.5, 0.6) is 0 Å². The number of unbranched alkanes of at least 4 members (excludes halogenated alkanes) is 2. The highest BCUT2D eigenvalue weighted by Crippen LogP contribution is 2.30. The Kier molecular flexibility index (Phi) is 4.55. The van der Waals surface area contributed by atoms with Crippen LogP contribution in [0.4, 0.5) is 0 Å². The maximum atomic E-state index is 10.5. The van der Waals surface area contributed by atoms with Crippen LogP contribution >= 0.6 is 0 Å². The van der Waals surface area contributed by atoms with Crippen molar-refractivity contribution in [3.8, 4) is 0 Å². The predicted octanol–water partition coefficient (Wildman–Crippen LogP) is 4.09. The smallest absolute Gasteiger partial charge is 0.0871 e. The number of aliphatic hydroxyl groups is 1. The van der Waals surface area contributed by atoms with Gasteiger partial charge < -0.3 is 5.11 Å². The summed E-state index contributed by atoms with van der Waals surface area (Å²) < 4.78 is 0. The molecule has 0 aliphatic carbocycles. The van der Waals surface area contributed by atoms with E-state index in [9.17, 15) is 5.11 Å². The standard InChI is InChI=1S/C15H24O/c1-5-6-7-10-15(4,16)14-11-12(2)8-9-13(14)3/h8-9,11,16H,5-7,10H2,1-4H3. The molecule has 0 heterocycles. The first kappa shape index (κ1) is 13.2. The van der Waals surface area contributed by atoms with Gasteiger partial charge in [0.2, 0.25) is 0 Å². The van der Waals surface area contributed by atoms with Crippen LogP contribution in [-0.4, -0.2) is 5.11 Å². The van der Waals surface area contributed by atoms with E-state index in [4.69, 9.17) is 0 Å². The molecule has 90 valence electrons. The summed E-state index contributed by atoms with van der Waals surface area (Å²) in [7, 11) is 0. The number of benzene rings is 1. The summed E-state index contributed by atoms with van der Waals surface area (Å²) in [5.74, 6) is 0. The van der Waals surface area contributed by atoms with Gasteiger partial charge >= 0.3 is 0 Å². The van der Waals surface area contributed by atoms with E-state index < -0.39 is 5.60 Å². The van der Waals surface area contributed by atoms with E-state index in [1.807, 2.05) is 6.92 Å². The third-order valence-corrected chi connectivity index (χ3v) is 3.24. The molecule has 16 heavy (non-hydrogen) atoms. The first-order valence-corrected chi connectivity index (χ1v) is 6.27. The molecule has 0 bridgehead atoms. The molecule has 1 atom stereocenters. The van der Waals surface area contributed by atoms with Gasteiger partial charge in [-0.05, 0) is 38.3 Å². The van der Waals surface area contributed by atoms with E-state index in [2.05, 4.69) is 39.0 Å². The molecular weight excluding hydrogens is 196 g/mol. The van der Waals surface area contributed by atoms with Crippen molar-refractivity contribution >= 4 is 0 Å². The minimum Gasteiger partial charge on any atom is -0.385 e. The maximum absolute atomic E-state index is 10.5. The molecule has 1 unspecified atom stereocenters. The Morgan fingerprint density at radius 3 is 2.50 bits per heavy atom. The van der Waals surface area contributed by atoms with Crippen molar-refractivity contribution in [1.29, 1.82) is 0 Å². The molecular formula is C15H24O. The zero-order chi connectivity index (χ0) is 12.2. The summed E-state index contributed by atoms with van der Waals surface area (Å²) in [6, 6.07) is 6.31. The molecule has 0 aliphatic heterocycles. The lowest BCUT2D eigenvalue weighted by molar-refractivity contribution is 0.0443. The minimum atomic E-state index is -0.675. The van der Waals surface area contributed by atoms with Gasteiger partial charge in [0.1, 0.15) is 0 Å². The van der Waals surface area contributed by atoms with Gasteiger partial charge in [-0.15, -0.1) is 0 Å². The fraction of sp³-hybridized carbons (Fsp3) is 0.600. The molecule has 0 fully saturated rings. The van der Waals surface area contributed by atoms with Gasteiger partial charge in [-0.25, -0.2) is 0 Å². The summed E-state index contributed by atoms with van der Waals surface area (Å²) >= 11 is 0. The average Bonchev–Trinajstić information content (AvgIpc) is 2.22. The fourth-order valence-electron chi connectivity index (χ4n) is 2.17. The van der Waals surface area contributed by atoms with Crippen molar-refractivity contribution in [3.05, 3.63) is 34.9 Å². The highest BCUT2D eigenvalue weighted by Gasteiger charge is 2.24. The molecule has 1 rings (SSSR count). The molecule has 0 saturated heterocycles. The SMILES string of the molecule is CCCCCC(C)(O)c1cc(C)ccc1C. The van der Waals surface area contributed by atoms with Gasteiger partial charge in [0, 0.05) is 0 Å². The summed E-state index contributed by atoms with van der Waals surface area (Å²) in [6.07, 6.45) is 4.34. The lowest BCUT2D eigenvalue weighted by atomic mass is 9.86. The molecule has 1 N–H and O–H groups in total. The number of aryl methyl sites for hydroxylation is 2. The molecule has 0 aromatic heterocycles. The van der Waals surface area contributed by atoms with Crippen LogP contribution in [0.1, 0.15) is 56.2 Å². The monoisotopic (exact) mass is 220 g/mol. The van der Waals surface area contributed by atoms with Gasteiger partial charge in [-0.2, -0.15) is 0 Å². The van der Waals surface area contributed by atoms with E-state index in [-0.39, 0.29) is 0 Å². The van der Waals surface area contributed by atoms with Crippen LogP contribution < -0.4 is 0 Å². The van der Waals surface area contributed by atoms with Crippen molar-refractivity contribution in [2.45, 2.75) is 59.0 Å². The Labute approximate surface area is 99.5 Å². The first-order chi connectivity index (χ1) is 7.47. The minimum absolute atomic E-state index is 0.675. The Morgan fingerprint density at radius 2 is 1.88 bits per heavy atom. The Balaban J connectivity index is 2.83. The van der Waals surface area contributed by atoms with Crippen molar-refractivity contribution in [3.63, 3.8) is 0 Å². The summed E-state index contributed by atoms with van der Waals surface area (Å²) in [5.41, 5.74) is 2.82. The van der Waals surface area contributed by atoms with Crippen LogP contribution in [0.25, 0.3) is 0 Å². The first-order valence-electron chi connectivity index (χ1n) is 6.27. The van der Waals surface area contributed by atoms with Gasteiger partial charge in [0.05, 0.1) is 5.60 Å². The second kappa shape index (κ2) is 5.49. The van der Waals surface area contributed by atoms with Crippen LogP contribution in [0, 0.1) is 13.8 Å². The number of hydrogen-bond donors (Lipinski definition) is 1. The zero-order valence-electron chi connectivity index (χ0n) is 11.0. The zero-order valence-corrected chi connectivity index (χ0v) is 11.0. The topological polar surface area (TPSA) is 20.2 Å². The molecule has 1 aromatic rings. The van der Waals surface area contributed by atoms with Crippen molar-refractivity contribution < 1.29 is 5.11 Å². The fourth-order valence-corrected chi connectivity index (χ4v) is 2.17. The second-order valence-electron chi connectivity index (χ2n) is 5.05. The highest BCUT2D eigenvalue weighted by molar-refractivity contribution is 5.34. The van der Waals surface area contributed by atoms with Gasteiger partial charge in [0.25, 0.3) is 0 Å². The molecule has 0 amide bonds. The molecule has 0 saturated carbocycles. The van der Waals surface area contributed by atoms with Crippen LogP contribution in [0.15, 0.2) is 18.2 Å². The molecule has 1 nitrogen and oxygen atoms in total.